The van der Waals surface area contributed by atoms with Gasteiger partial charge in [-0.2, -0.15) is 0 Å². The van der Waals surface area contributed by atoms with Gasteiger partial charge in [0.15, 0.2) is 0 Å². The van der Waals surface area contributed by atoms with Gasteiger partial charge in [-0.3, -0.25) is 9.59 Å². The highest BCUT2D eigenvalue weighted by Gasteiger charge is 2.57. The Kier molecular flexibility index (Phi) is 5.13. The van der Waals surface area contributed by atoms with Crippen LogP contribution in [-0.2, 0) is 11.3 Å². The molecule has 1 atom stereocenters. The first-order chi connectivity index (χ1) is 13.6. The molecule has 1 aliphatic heterocycles. The molecular formula is C22H24FN3O2. The number of piperidine rings is 1. The minimum Gasteiger partial charge on any atom is -0.352 e. The summed E-state index contributed by atoms with van der Waals surface area (Å²) in [6.07, 6.45) is 3.14. The second-order valence-electron chi connectivity index (χ2n) is 7.75. The summed E-state index contributed by atoms with van der Waals surface area (Å²) in [5.74, 6) is -0.566. The van der Waals surface area contributed by atoms with E-state index in [4.69, 9.17) is 0 Å². The van der Waals surface area contributed by atoms with E-state index < -0.39 is 5.82 Å². The molecule has 146 valence electrons. The average Bonchev–Trinajstić information content (AvgIpc) is 3.39. The van der Waals surface area contributed by atoms with Crippen LogP contribution in [0.4, 0.5) is 10.1 Å². The van der Waals surface area contributed by atoms with Gasteiger partial charge in [-0.15, -0.1) is 0 Å². The largest absolute Gasteiger partial charge is 0.352 e. The predicted molar refractivity (Wildman–Crippen MR) is 105 cm³/mol. The number of anilines is 1. The van der Waals surface area contributed by atoms with Gasteiger partial charge in [0, 0.05) is 23.7 Å². The Morgan fingerprint density at radius 3 is 2.68 bits per heavy atom. The molecule has 2 fully saturated rings. The van der Waals surface area contributed by atoms with Crippen LogP contribution in [0, 0.1) is 17.2 Å². The van der Waals surface area contributed by atoms with Gasteiger partial charge in [0.05, 0.1) is 0 Å². The van der Waals surface area contributed by atoms with Crippen LogP contribution in [0.3, 0.4) is 0 Å². The number of benzene rings is 2. The maximum Gasteiger partial charge on any atom is 0.255 e. The van der Waals surface area contributed by atoms with Crippen molar-refractivity contribution in [1.82, 2.24) is 10.6 Å². The van der Waals surface area contributed by atoms with Gasteiger partial charge in [0.1, 0.15) is 5.82 Å². The monoisotopic (exact) mass is 381 g/mol. The zero-order valence-electron chi connectivity index (χ0n) is 15.6. The summed E-state index contributed by atoms with van der Waals surface area (Å²) in [4.78, 5) is 24.8. The molecule has 1 spiro atoms. The highest BCUT2D eigenvalue weighted by atomic mass is 19.1. The number of halogens is 1. The number of nitrogens with one attached hydrogen (secondary N) is 3. The molecule has 2 aliphatic rings. The summed E-state index contributed by atoms with van der Waals surface area (Å²) in [6, 6.07) is 12.9. The van der Waals surface area contributed by atoms with E-state index in [9.17, 15) is 14.0 Å². The Bertz CT molecular complexity index is 893. The third kappa shape index (κ3) is 4.07. The molecule has 5 nitrogen and oxygen atoms in total. The van der Waals surface area contributed by atoms with Crippen molar-refractivity contribution in [2.75, 3.05) is 18.4 Å². The van der Waals surface area contributed by atoms with Crippen molar-refractivity contribution >= 4 is 17.5 Å². The molecule has 2 amide bonds. The van der Waals surface area contributed by atoms with E-state index in [1.165, 1.54) is 18.2 Å². The molecule has 1 aliphatic carbocycles. The number of carbonyl (C=O) groups is 2. The lowest BCUT2D eigenvalue weighted by Gasteiger charge is -2.23. The quantitative estimate of drug-likeness (QED) is 0.745. The van der Waals surface area contributed by atoms with Crippen LogP contribution < -0.4 is 16.0 Å². The van der Waals surface area contributed by atoms with Crippen molar-refractivity contribution < 1.29 is 14.0 Å². The number of amides is 2. The summed E-state index contributed by atoms with van der Waals surface area (Å²) in [5.41, 5.74) is 2.00. The SMILES string of the molecule is O=C(Nc1cccc(CNC(=O)C2CC23CCNCC3)c1)c1cccc(F)c1. The lowest BCUT2D eigenvalue weighted by molar-refractivity contribution is -0.123. The maximum absolute atomic E-state index is 13.3. The Balaban J connectivity index is 1.33. The standard InChI is InChI=1S/C22H24FN3O2/c23-17-5-2-4-16(12-17)20(27)26-18-6-1-3-15(11-18)14-25-21(28)19-13-22(19)7-9-24-10-8-22/h1-6,11-12,19,24H,7-10,13-14H2,(H,25,28)(H,26,27). The van der Waals surface area contributed by atoms with Gasteiger partial charge < -0.3 is 16.0 Å². The summed E-state index contributed by atoms with van der Waals surface area (Å²) in [6.45, 7) is 2.42. The van der Waals surface area contributed by atoms with Gasteiger partial charge in [-0.1, -0.05) is 18.2 Å². The van der Waals surface area contributed by atoms with E-state index >= 15 is 0 Å². The third-order valence-corrected chi connectivity index (χ3v) is 5.84. The summed E-state index contributed by atoms with van der Waals surface area (Å²) in [7, 11) is 0. The number of hydrogen-bond acceptors (Lipinski definition) is 3. The van der Waals surface area contributed by atoms with Gasteiger partial charge in [-0.25, -0.2) is 4.39 Å². The lowest BCUT2D eigenvalue weighted by atomic mass is 9.92. The normalized spacial score (nSPS) is 19.8. The van der Waals surface area contributed by atoms with E-state index in [-0.39, 0.29) is 28.7 Å². The van der Waals surface area contributed by atoms with E-state index in [1.807, 2.05) is 18.2 Å². The van der Waals surface area contributed by atoms with Crippen LogP contribution in [0.2, 0.25) is 0 Å². The van der Waals surface area contributed by atoms with E-state index in [0.29, 0.717) is 12.2 Å². The number of carbonyl (C=O) groups excluding carboxylic acids is 2. The molecule has 6 heteroatoms. The van der Waals surface area contributed by atoms with Crippen LogP contribution in [0.15, 0.2) is 48.5 Å². The van der Waals surface area contributed by atoms with Crippen LogP contribution in [0.1, 0.15) is 35.2 Å². The van der Waals surface area contributed by atoms with Crippen molar-refractivity contribution in [1.29, 1.82) is 0 Å². The van der Waals surface area contributed by atoms with Gasteiger partial charge in [0.2, 0.25) is 5.91 Å². The van der Waals surface area contributed by atoms with E-state index in [1.54, 1.807) is 12.1 Å². The summed E-state index contributed by atoms with van der Waals surface area (Å²) >= 11 is 0. The molecule has 28 heavy (non-hydrogen) atoms. The van der Waals surface area contributed by atoms with Gasteiger partial charge in [0.25, 0.3) is 5.91 Å². The molecule has 0 aromatic heterocycles. The van der Waals surface area contributed by atoms with Crippen molar-refractivity contribution in [2.45, 2.75) is 25.8 Å². The first-order valence-corrected chi connectivity index (χ1v) is 9.70. The van der Waals surface area contributed by atoms with Crippen LogP contribution >= 0.6 is 0 Å². The van der Waals surface area contributed by atoms with Crippen LogP contribution in [0.5, 0.6) is 0 Å². The summed E-state index contributed by atoms with van der Waals surface area (Å²) < 4.78 is 13.3. The second kappa shape index (κ2) is 7.72. The highest BCUT2D eigenvalue weighted by molar-refractivity contribution is 6.04. The predicted octanol–water partition coefficient (Wildman–Crippen LogP) is 3.08. The van der Waals surface area contributed by atoms with Gasteiger partial charge >= 0.3 is 0 Å². The van der Waals surface area contributed by atoms with Crippen molar-refractivity contribution in [3.8, 4) is 0 Å². The zero-order valence-corrected chi connectivity index (χ0v) is 15.6. The molecule has 1 unspecified atom stereocenters. The fourth-order valence-electron chi connectivity index (χ4n) is 4.10. The van der Waals surface area contributed by atoms with Gasteiger partial charge in [-0.05, 0) is 73.7 Å². The molecule has 1 saturated heterocycles. The topological polar surface area (TPSA) is 70.2 Å². The minimum absolute atomic E-state index is 0.121. The fourth-order valence-corrected chi connectivity index (χ4v) is 4.10. The second-order valence-corrected chi connectivity index (χ2v) is 7.75. The van der Waals surface area contributed by atoms with Crippen molar-refractivity contribution in [2.24, 2.45) is 11.3 Å². The summed E-state index contributed by atoms with van der Waals surface area (Å²) in [5, 5.41) is 9.15. The van der Waals surface area contributed by atoms with Crippen molar-refractivity contribution in [3.63, 3.8) is 0 Å². The molecule has 2 aromatic carbocycles. The lowest BCUT2D eigenvalue weighted by Crippen LogP contribution is -2.33. The third-order valence-electron chi connectivity index (χ3n) is 5.84. The van der Waals surface area contributed by atoms with E-state index in [2.05, 4.69) is 16.0 Å². The average molecular weight is 381 g/mol. The van der Waals surface area contributed by atoms with Crippen LogP contribution in [0.25, 0.3) is 0 Å². The number of hydrogen-bond donors (Lipinski definition) is 3. The Morgan fingerprint density at radius 1 is 1.11 bits per heavy atom. The van der Waals surface area contributed by atoms with E-state index in [0.717, 1.165) is 37.9 Å². The molecule has 3 N–H and O–H groups in total. The Hall–Kier alpha value is -2.73. The first kappa shape index (κ1) is 18.6. The fraction of sp³-hybridized carbons (Fsp3) is 0.364. The Morgan fingerprint density at radius 2 is 1.89 bits per heavy atom. The highest BCUT2D eigenvalue weighted by Crippen LogP contribution is 2.58. The molecular weight excluding hydrogens is 357 g/mol. The van der Waals surface area contributed by atoms with Crippen LogP contribution in [-0.4, -0.2) is 24.9 Å². The molecule has 4 rings (SSSR count). The molecule has 1 saturated carbocycles. The molecule has 0 bridgehead atoms. The molecule has 1 heterocycles. The zero-order chi connectivity index (χ0) is 19.6. The first-order valence-electron chi connectivity index (χ1n) is 9.70. The minimum atomic E-state index is -0.448. The molecule has 0 radical (unpaired) electrons. The smallest absolute Gasteiger partial charge is 0.255 e. The maximum atomic E-state index is 13.3. The van der Waals surface area contributed by atoms with Crippen molar-refractivity contribution in [3.05, 3.63) is 65.5 Å². The molecule has 2 aromatic rings. The number of rotatable bonds is 5. The Labute approximate surface area is 163 Å².